The molecule has 0 heterocycles. The Balaban J connectivity index is 1.86. The van der Waals surface area contributed by atoms with Crippen LogP contribution in [-0.4, -0.2) is 29.6 Å². The van der Waals surface area contributed by atoms with Crippen molar-refractivity contribution in [2.24, 2.45) is 23.2 Å². The van der Waals surface area contributed by atoms with Crippen molar-refractivity contribution in [3.8, 4) is 0 Å². The average molecular weight is 306 g/mol. The van der Waals surface area contributed by atoms with Crippen LogP contribution in [0.2, 0.25) is 0 Å². The predicted molar refractivity (Wildman–Crippen MR) is 76.6 cm³/mol. The molecule has 0 saturated heterocycles. The van der Waals surface area contributed by atoms with Crippen molar-refractivity contribution >= 4 is 27.0 Å². The van der Waals surface area contributed by atoms with Crippen LogP contribution in [0.4, 0.5) is 0 Å². The summed E-state index contributed by atoms with van der Waals surface area (Å²) in [5.74, 6) is 1.93. The summed E-state index contributed by atoms with van der Waals surface area (Å²) in [6.45, 7) is 4.29. The normalized spacial score (nSPS) is 38.4. The van der Waals surface area contributed by atoms with Gasteiger partial charge in [-0.05, 0) is 43.4 Å². The van der Waals surface area contributed by atoms with Crippen LogP contribution in [0.1, 0.15) is 39.5 Å². The maximum atomic E-state index is 12.3. The fraction of sp³-hybridized carbons (Fsp3) is 0.923. The largest absolute Gasteiger partial charge is 0.287 e. The highest BCUT2D eigenvalue weighted by molar-refractivity contribution is 8.14. The van der Waals surface area contributed by atoms with E-state index in [1.807, 2.05) is 6.92 Å². The summed E-state index contributed by atoms with van der Waals surface area (Å²) in [6, 6.07) is 0. The van der Waals surface area contributed by atoms with Crippen molar-refractivity contribution in [2.75, 3.05) is 11.5 Å². The third-order valence-electron chi connectivity index (χ3n) is 4.57. The van der Waals surface area contributed by atoms with Crippen LogP contribution in [0.15, 0.2) is 0 Å². The van der Waals surface area contributed by atoms with E-state index >= 15 is 0 Å². The molecule has 2 unspecified atom stereocenters. The topological polar surface area (TPSA) is 71.4 Å². The minimum Gasteiger partial charge on any atom is -0.287 e. The summed E-state index contributed by atoms with van der Waals surface area (Å²) in [4.78, 5) is 12.3. The smallest absolute Gasteiger partial charge is 0.265 e. The van der Waals surface area contributed by atoms with Crippen LogP contribution >= 0.6 is 11.8 Å². The van der Waals surface area contributed by atoms with Gasteiger partial charge in [0.1, 0.15) is 0 Å². The van der Waals surface area contributed by atoms with E-state index in [-0.39, 0.29) is 22.0 Å². The number of fused-ring (bicyclic) bond motifs is 1. The fourth-order valence-corrected chi connectivity index (χ4v) is 5.71. The first-order chi connectivity index (χ1) is 8.70. The molecule has 0 aromatic heterocycles. The third-order valence-corrected chi connectivity index (χ3v) is 6.71. The van der Waals surface area contributed by atoms with Crippen molar-refractivity contribution in [3.63, 3.8) is 0 Å². The molecule has 0 radical (unpaired) electrons. The second-order valence-electron chi connectivity index (χ2n) is 6.49. The van der Waals surface area contributed by atoms with E-state index in [2.05, 4.69) is 6.92 Å². The SMILES string of the molecule is CC1CC2CC(C)(C(=O)SCCS(=O)(=O)O)CC2C1. The maximum absolute atomic E-state index is 12.3. The lowest BCUT2D eigenvalue weighted by Crippen LogP contribution is -2.24. The molecule has 2 fully saturated rings. The Bertz CT molecular complexity index is 443. The van der Waals surface area contributed by atoms with Crippen molar-refractivity contribution in [1.82, 2.24) is 0 Å². The van der Waals surface area contributed by atoms with Gasteiger partial charge in [-0.25, -0.2) is 0 Å². The Kier molecular flexibility index (Phi) is 4.33. The van der Waals surface area contributed by atoms with Gasteiger partial charge < -0.3 is 0 Å². The highest BCUT2D eigenvalue weighted by Gasteiger charge is 2.49. The van der Waals surface area contributed by atoms with Crippen molar-refractivity contribution in [2.45, 2.75) is 39.5 Å². The Hall–Kier alpha value is -0.0700. The lowest BCUT2D eigenvalue weighted by molar-refractivity contribution is -0.119. The molecular formula is C13H22O4S2. The first-order valence-electron chi connectivity index (χ1n) is 6.82. The van der Waals surface area contributed by atoms with Gasteiger partial charge in [0, 0.05) is 11.2 Å². The molecule has 4 nitrogen and oxygen atoms in total. The highest BCUT2D eigenvalue weighted by atomic mass is 32.2. The summed E-state index contributed by atoms with van der Waals surface area (Å²) < 4.78 is 29.9. The van der Waals surface area contributed by atoms with Gasteiger partial charge in [-0.15, -0.1) is 0 Å². The quantitative estimate of drug-likeness (QED) is 0.808. The first kappa shape index (κ1) is 15.3. The minimum atomic E-state index is -3.96. The first-order valence-corrected chi connectivity index (χ1v) is 9.41. The second-order valence-corrected chi connectivity index (χ2v) is 9.13. The molecule has 110 valence electrons. The third kappa shape index (κ3) is 3.73. The van der Waals surface area contributed by atoms with Crippen molar-refractivity contribution in [1.29, 1.82) is 0 Å². The molecule has 0 spiro atoms. The number of hydrogen-bond donors (Lipinski definition) is 1. The molecule has 1 N–H and O–H groups in total. The molecule has 19 heavy (non-hydrogen) atoms. The molecule has 6 heteroatoms. The van der Waals surface area contributed by atoms with Gasteiger partial charge in [0.05, 0.1) is 5.75 Å². The molecular weight excluding hydrogens is 284 g/mol. The number of rotatable bonds is 4. The Morgan fingerprint density at radius 2 is 1.84 bits per heavy atom. The van der Waals surface area contributed by atoms with Gasteiger partial charge in [-0.2, -0.15) is 8.42 Å². The molecule has 2 rings (SSSR count). The van der Waals surface area contributed by atoms with Crippen LogP contribution in [-0.2, 0) is 14.9 Å². The zero-order valence-corrected chi connectivity index (χ0v) is 13.1. The molecule has 0 aromatic carbocycles. The van der Waals surface area contributed by atoms with E-state index in [0.717, 1.165) is 30.5 Å². The number of carbonyl (C=O) groups is 1. The standard InChI is InChI=1S/C13H22O4S2/c1-9-5-10-7-13(2,8-11(10)6-9)12(14)18-3-4-19(15,16)17/h9-11H,3-8H2,1-2H3,(H,15,16,17). The highest BCUT2D eigenvalue weighted by Crippen LogP contribution is 2.55. The zero-order chi connectivity index (χ0) is 14.3. The summed E-state index contributed by atoms with van der Waals surface area (Å²) in [5, 5.41) is 0.0956. The maximum Gasteiger partial charge on any atom is 0.265 e. The number of carbonyl (C=O) groups excluding carboxylic acids is 1. The van der Waals surface area contributed by atoms with E-state index < -0.39 is 10.1 Å². The monoisotopic (exact) mass is 306 g/mol. The number of hydrogen-bond acceptors (Lipinski definition) is 4. The van der Waals surface area contributed by atoms with Crippen molar-refractivity contribution < 1.29 is 17.8 Å². The molecule has 2 atom stereocenters. The molecule has 2 saturated carbocycles. The van der Waals surface area contributed by atoms with E-state index in [4.69, 9.17) is 4.55 Å². The number of thioether (sulfide) groups is 1. The van der Waals surface area contributed by atoms with E-state index in [1.165, 1.54) is 12.8 Å². The summed E-state index contributed by atoms with van der Waals surface area (Å²) in [6.07, 6.45) is 4.34. The second kappa shape index (κ2) is 5.37. The van der Waals surface area contributed by atoms with Crippen LogP contribution in [0.25, 0.3) is 0 Å². The summed E-state index contributed by atoms with van der Waals surface area (Å²) in [7, 11) is -3.96. The van der Waals surface area contributed by atoms with Gasteiger partial charge in [0.15, 0.2) is 5.12 Å². The van der Waals surface area contributed by atoms with Crippen LogP contribution in [0, 0.1) is 23.2 Å². The Labute approximate surface area is 119 Å². The predicted octanol–water partition coefficient (Wildman–Crippen LogP) is 2.60. The lowest BCUT2D eigenvalue weighted by atomic mass is 9.86. The van der Waals surface area contributed by atoms with Crippen LogP contribution in [0.5, 0.6) is 0 Å². The van der Waals surface area contributed by atoms with Gasteiger partial charge in [0.25, 0.3) is 10.1 Å². The molecule has 0 bridgehead atoms. The van der Waals surface area contributed by atoms with Crippen LogP contribution in [0.3, 0.4) is 0 Å². The zero-order valence-electron chi connectivity index (χ0n) is 11.5. The summed E-state index contributed by atoms with van der Waals surface area (Å²) >= 11 is 1.06. The lowest BCUT2D eigenvalue weighted by Gasteiger charge is -2.23. The van der Waals surface area contributed by atoms with Crippen LogP contribution < -0.4 is 0 Å². The molecule has 0 aromatic rings. The van der Waals surface area contributed by atoms with Crippen molar-refractivity contribution in [3.05, 3.63) is 0 Å². The minimum absolute atomic E-state index is 0.0956. The molecule has 2 aliphatic carbocycles. The van der Waals surface area contributed by atoms with E-state index in [0.29, 0.717) is 11.8 Å². The van der Waals surface area contributed by atoms with Gasteiger partial charge in [0.2, 0.25) is 0 Å². The molecule has 0 aliphatic heterocycles. The van der Waals surface area contributed by atoms with Gasteiger partial charge in [-0.1, -0.05) is 25.6 Å². The Morgan fingerprint density at radius 1 is 1.32 bits per heavy atom. The Morgan fingerprint density at radius 3 is 2.32 bits per heavy atom. The van der Waals surface area contributed by atoms with E-state index in [9.17, 15) is 13.2 Å². The van der Waals surface area contributed by atoms with Gasteiger partial charge in [-0.3, -0.25) is 9.35 Å². The average Bonchev–Trinajstić information content (AvgIpc) is 2.69. The molecule has 2 aliphatic rings. The van der Waals surface area contributed by atoms with E-state index in [1.54, 1.807) is 0 Å². The molecule has 0 amide bonds. The summed E-state index contributed by atoms with van der Waals surface area (Å²) in [5.41, 5.74) is -0.292. The van der Waals surface area contributed by atoms with Gasteiger partial charge >= 0.3 is 0 Å². The fourth-order valence-electron chi connectivity index (χ4n) is 3.84.